The van der Waals surface area contributed by atoms with E-state index < -0.39 is 10.0 Å². The summed E-state index contributed by atoms with van der Waals surface area (Å²) in [4.78, 5) is 2.69. The van der Waals surface area contributed by atoms with Crippen molar-refractivity contribution in [3.05, 3.63) is 52.7 Å². The molecule has 4 nitrogen and oxygen atoms in total. The predicted octanol–water partition coefficient (Wildman–Crippen LogP) is 2.86. The zero-order valence-electron chi connectivity index (χ0n) is 12.3. The van der Waals surface area contributed by atoms with E-state index in [1.807, 2.05) is 11.4 Å². The summed E-state index contributed by atoms with van der Waals surface area (Å²) in [6, 6.07) is 10.8. The minimum absolute atomic E-state index is 0.118. The quantitative estimate of drug-likeness (QED) is 0.882. The van der Waals surface area contributed by atoms with Crippen LogP contribution in [-0.4, -0.2) is 33.0 Å². The first kappa shape index (κ1) is 15.7. The Labute approximate surface area is 135 Å². The highest BCUT2D eigenvalue weighted by Gasteiger charge is 2.25. The van der Waals surface area contributed by atoms with E-state index in [0.717, 1.165) is 13.1 Å². The Hall–Kier alpha value is -1.21. The zero-order chi connectivity index (χ0) is 15.4. The molecule has 1 N–H and O–H groups in total. The number of likely N-dealkylation sites (tertiary alicyclic amines) is 1. The van der Waals surface area contributed by atoms with Crippen LogP contribution in [0.15, 0.2) is 52.1 Å². The summed E-state index contributed by atoms with van der Waals surface area (Å²) in [6.45, 7) is 2.48. The fourth-order valence-electron chi connectivity index (χ4n) is 2.85. The van der Waals surface area contributed by atoms with Crippen LogP contribution in [0.1, 0.15) is 24.4 Å². The van der Waals surface area contributed by atoms with Crippen molar-refractivity contribution in [2.45, 2.75) is 23.8 Å². The molecule has 6 heteroatoms. The summed E-state index contributed by atoms with van der Waals surface area (Å²) < 4.78 is 27.6. The minimum Gasteiger partial charge on any atom is -0.295 e. The number of rotatable bonds is 6. The minimum atomic E-state index is -3.45. The molecule has 2 aromatic rings. The van der Waals surface area contributed by atoms with E-state index in [2.05, 4.69) is 21.1 Å². The van der Waals surface area contributed by atoms with Crippen molar-refractivity contribution in [2.75, 3.05) is 19.6 Å². The first-order chi connectivity index (χ1) is 10.7. The van der Waals surface area contributed by atoms with E-state index >= 15 is 0 Å². The second kappa shape index (κ2) is 6.91. The molecule has 118 valence electrons. The van der Waals surface area contributed by atoms with Crippen LogP contribution >= 0.6 is 11.3 Å². The van der Waals surface area contributed by atoms with Gasteiger partial charge in [-0.25, -0.2) is 13.1 Å². The highest BCUT2D eigenvalue weighted by atomic mass is 32.2. The highest BCUT2D eigenvalue weighted by molar-refractivity contribution is 7.89. The van der Waals surface area contributed by atoms with E-state index in [1.54, 1.807) is 35.6 Å². The molecule has 0 unspecified atom stereocenters. The second-order valence-electron chi connectivity index (χ2n) is 5.48. The van der Waals surface area contributed by atoms with Crippen molar-refractivity contribution in [3.63, 3.8) is 0 Å². The Morgan fingerprint density at radius 2 is 1.86 bits per heavy atom. The fourth-order valence-corrected chi connectivity index (χ4v) is 4.61. The Morgan fingerprint density at radius 1 is 1.14 bits per heavy atom. The molecule has 0 radical (unpaired) electrons. The van der Waals surface area contributed by atoms with Gasteiger partial charge in [-0.05, 0) is 60.5 Å². The second-order valence-corrected chi connectivity index (χ2v) is 8.03. The summed E-state index contributed by atoms with van der Waals surface area (Å²) in [6.07, 6.45) is 2.37. The van der Waals surface area contributed by atoms with Crippen LogP contribution in [0.3, 0.4) is 0 Å². The van der Waals surface area contributed by atoms with Crippen molar-refractivity contribution in [2.24, 2.45) is 0 Å². The third kappa shape index (κ3) is 3.57. The summed E-state index contributed by atoms with van der Waals surface area (Å²) in [5.41, 5.74) is 1.20. The normalized spacial score (nSPS) is 17.6. The van der Waals surface area contributed by atoms with E-state index in [0.29, 0.717) is 11.4 Å². The topological polar surface area (TPSA) is 49.4 Å². The number of nitrogens with one attached hydrogen (secondary N) is 1. The maximum Gasteiger partial charge on any atom is 0.240 e. The Kier molecular flexibility index (Phi) is 4.93. The van der Waals surface area contributed by atoms with Crippen LogP contribution in [0, 0.1) is 0 Å². The van der Waals surface area contributed by atoms with Crippen LogP contribution in [0.25, 0.3) is 0 Å². The molecule has 1 aliphatic heterocycles. The molecule has 1 fully saturated rings. The number of thiophene rings is 1. The third-order valence-corrected chi connectivity index (χ3v) is 6.17. The number of hydrogen-bond acceptors (Lipinski definition) is 4. The van der Waals surface area contributed by atoms with Crippen LogP contribution in [0.5, 0.6) is 0 Å². The standard InChI is InChI=1S/C16H20N2O2S2/c19-22(20,15-6-2-1-3-7-15)17-12-16(14-8-11-21-13-14)18-9-4-5-10-18/h1-3,6-8,11,13,16-17H,4-5,9-10,12H2/t16-/m0/s1. The molecular weight excluding hydrogens is 316 g/mol. The van der Waals surface area contributed by atoms with Gasteiger partial charge in [0.15, 0.2) is 0 Å². The van der Waals surface area contributed by atoms with E-state index in [9.17, 15) is 8.42 Å². The summed E-state index contributed by atoms with van der Waals surface area (Å²) in [7, 11) is -3.45. The molecular formula is C16H20N2O2S2. The van der Waals surface area contributed by atoms with Gasteiger partial charge in [0.05, 0.1) is 4.90 Å². The molecule has 2 heterocycles. The van der Waals surface area contributed by atoms with Crippen LogP contribution < -0.4 is 4.72 Å². The van der Waals surface area contributed by atoms with Crippen LogP contribution in [0.2, 0.25) is 0 Å². The lowest BCUT2D eigenvalue weighted by Crippen LogP contribution is -2.36. The van der Waals surface area contributed by atoms with E-state index in [1.165, 1.54) is 18.4 Å². The van der Waals surface area contributed by atoms with Crippen molar-refractivity contribution in [1.82, 2.24) is 9.62 Å². The van der Waals surface area contributed by atoms with Gasteiger partial charge in [-0.15, -0.1) is 0 Å². The van der Waals surface area contributed by atoms with Gasteiger partial charge in [-0.3, -0.25) is 4.90 Å². The van der Waals surface area contributed by atoms with Gasteiger partial charge in [0, 0.05) is 12.6 Å². The zero-order valence-corrected chi connectivity index (χ0v) is 13.9. The van der Waals surface area contributed by atoms with E-state index in [-0.39, 0.29) is 6.04 Å². The number of nitrogens with zero attached hydrogens (tertiary/aromatic N) is 1. The maximum absolute atomic E-state index is 12.4. The van der Waals surface area contributed by atoms with Crippen molar-refractivity contribution < 1.29 is 8.42 Å². The average Bonchev–Trinajstić information content (AvgIpc) is 3.22. The van der Waals surface area contributed by atoms with E-state index in [4.69, 9.17) is 0 Å². The van der Waals surface area contributed by atoms with Crippen LogP contribution in [0.4, 0.5) is 0 Å². The number of sulfonamides is 1. The molecule has 1 atom stereocenters. The van der Waals surface area contributed by atoms with Crippen LogP contribution in [-0.2, 0) is 10.0 Å². The Bertz CT molecular complexity index is 678. The summed E-state index contributed by atoms with van der Waals surface area (Å²) >= 11 is 1.65. The molecule has 1 aromatic carbocycles. The van der Waals surface area contributed by atoms with Gasteiger partial charge in [-0.2, -0.15) is 11.3 Å². The van der Waals surface area contributed by atoms with Gasteiger partial charge in [0.25, 0.3) is 0 Å². The third-order valence-electron chi connectivity index (χ3n) is 4.03. The molecule has 1 aromatic heterocycles. The molecule has 0 aliphatic carbocycles. The summed E-state index contributed by atoms with van der Waals surface area (Å²) in [5, 5.41) is 4.16. The molecule has 3 rings (SSSR count). The molecule has 0 amide bonds. The average molecular weight is 336 g/mol. The molecule has 1 saturated heterocycles. The fraction of sp³-hybridized carbons (Fsp3) is 0.375. The van der Waals surface area contributed by atoms with Gasteiger partial charge < -0.3 is 0 Å². The van der Waals surface area contributed by atoms with Crippen molar-refractivity contribution in [1.29, 1.82) is 0 Å². The molecule has 0 bridgehead atoms. The maximum atomic E-state index is 12.4. The first-order valence-electron chi connectivity index (χ1n) is 7.48. The Morgan fingerprint density at radius 3 is 2.50 bits per heavy atom. The largest absolute Gasteiger partial charge is 0.295 e. The monoisotopic (exact) mass is 336 g/mol. The van der Waals surface area contributed by atoms with Gasteiger partial charge in [0.2, 0.25) is 10.0 Å². The molecule has 0 saturated carbocycles. The van der Waals surface area contributed by atoms with Crippen molar-refractivity contribution in [3.8, 4) is 0 Å². The number of benzene rings is 1. The smallest absolute Gasteiger partial charge is 0.240 e. The highest BCUT2D eigenvalue weighted by Crippen LogP contribution is 2.26. The lowest BCUT2D eigenvalue weighted by Gasteiger charge is -2.27. The van der Waals surface area contributed by atoms with Crippen molar-refractivity contribution >= 4 is 21.4 Å². The SMILES string of the molecule is O=S(=O)(NC[C@@H](c1ccsc1)N1CCCC1)c1ccccc1. The van der Waals surface area contributed by atoms with Gasteiger partial charge in [-0.1, -0.05) is 18.2 Å². The lowest BCUT2D eigenvalue weighted by atomic mass is 10.1. The molecule has 0 spiro atoms. The van der Waals surface area contributed by atoms with Gasteiger partial charge >= 0.3 is 0 Å². The Balaban J connectivity index is 1.74. The predicted molar refractivity (Wildman–Crippen MR) is 89.5 cm³/mol. The molecule has 1 aliphatic rings. The summed E-state index contributed by atoms with van der Waals surface area (Å²) in [5.74, 6) is 0. The first-order valence-corrected chi connectivity index (χ1v) is 9.90. The lowest BCUT2D eigenvalue weighted by molar-refractivity contribution is 0.247. The molecule has 22 heavy (non-hydrogen) atoms. The number of hydrogen-bond donors (Lipinski definition) is 1. The van der Waals surface area contributed by atoms with Gasteiger partial charge in [0.1, 0.15) is 0 Å².